The second kappa shape index (κ2) is 10.4. The third kappa shape index (κ3) is 5.26. The lowest BCUT2D eigenvalue weighted by Crippen LogP contribution is -2.59. The third-order valence-electron chi connectivity index (χ3n) is 6.62. The Kier molecular flexibility index (Phi) is 6.87. The van der Waals surface area contributed by atoms with Gasteiger partial charge in [0.2, 0.25) is 0 Å². The second-order valence-electron chi connectivity index (χ2n) is 9.07. The van der Waals surface area contributed by atoms with Crippen molar-refractivity contribution in [2.45, 2.75) is 24.9 Å². The monoisotopic (exact) mass is 475 g/mol. The molecule has 2 aromatic heterocycles. The normalized spacial score (nSPS) is 19.9. The highest BCUT2D eigenvalue weighted by atomic mass is 19.1. The first-order valence-electron chi connectivity index (χ1n) is 12.1. The zero-order valence-electron chi connectivity index (χ0n) is 19.7. The summed E-state index contributed by atoms with van der Waals surface area (Å²) >= 11 is 0. The Hall–Kier alpha value is -3.56. The van der Waals surface area contributed by atoms with Crippen molar-refractivity contribution >= 4 is 17.7 Å². The molecular weight excluding hydrogens is 443 g/mol. The van der Waals surface area contributed by atoms with E-state index in [1.807, 2.05) is 36.4 Å². The smallest absolute Gasteiger partial charge is 0.268 e. The first-order chi connectivity index (χ1) is 17.1. The number of halogens is 1. The Morgan fingerprint density at radius 2 is 2.11 bits per heavy atom. The molecule has 2 fully saturated rings. The fourth-order valence-corrected chi connectivity index (χ4v) is 4.78. The molecule has 2 aliphatic heterocycles. The summed E-state index contributed by atoms with van der Waals surface area (Å²) in [5.41, 5.74) is 14.6. The molecule has 9 heteroatoms. The lowest BCUT2D eigenvalue weighted by molar-refractivity contribution is -0.550. The molecule has 2 saturated heterocycles. The molecule has 5 rings (SSSR count). The van der Waals surface area contributed by atoms with Crippen molar-refractivity contribution < 1.29 is 8.97 Å². The van der Waals surface area contributed by atoms with E-state index < -0.39 is 0 Å². The van der Waals surface area contributed by atoms with E-state index in [-0.39, 0.29) is 11.9 Å². The van der Waals surface area contributed by atoms with E-state index in [1.165, 1.54) is 6.07 Å². The SMILES string of the molecule is NCCNC1CN(c2cccc(-c3cnc(/C=C\C(N)=[N+]4CCC[C@@H]4c4cccc(F)c4)[nH]3)n2)C1. The summed E-state index contributed by atoms with van der Waals surface area (Å²) in [7, 11) is 0. The molecule has 0 aliphatic carbocycles. The largest absolute Gasteiger partial charge is 0.353 e. The van der Waals surface area contributed by atoms with E-state index in [2.05, 4.69) is 24.8 Å². The zero-order valence-corrected chi connectivity index (χ0v) is 19.7. The highest BCUT2D eigenvalue weighted by Gasteiger charge is 2.28. The van der Waals surface area contributed by atoms with E-state index in [4.69, 9.17) is 16.5 Å². The van der Waals surface area contributed by atoms with Crippen LogP contribution in [0.4, 0.5) is 10.2 Å². The number of H-pyrrole nitrogens is 1. The molecular formula is C26H32FN8+. The predicted octanol–water partition coefficient (Wildman–Crippen LogP) is 2.27. The highest BCUT2D eigenvalue weighted by Crippen LogP contribution is 2.29. The summed E-state index contributed by atoms with van der Waals surface area (Å²) in [6.07, 6.45) is 7.48. The number of pyridine rings is 1. The Bertz CT molecular complexity index is 1230. The van der Waals surface area contributed by atoms with Gasteiger partial charge in [-0.1, -0.05) is 18.2 Å². The molecule has 0 radical (unpaired) electrons. The van der Waals surface area contributed by atoms with Gasteiger partial charge in [0, 0.05) is 38.3 Å². The maximum atomic E-state index is 13.7. The molecule has 0 saturated carbocycles. The maximum absolute atomic E-state index is 13.7. The number of anilines is 1. The molecule has 6 N–H and O–H groups in total. The number of amidine groups is 1. The van der Waals surface area contributed by atoms with Crippen LogP contribution in [0.3, 0.4) is 0 Å². The predicted molar refractivity (Wildman–Crippen MR) is 137 cm³/mol. The van der Waals surface area contributed by atoms with Gasteiger partial charge in [0.25, 0.3) is 5.84 Å². The van der Waals surface area contributed by atoms with E-state index >= 15 is 0 Å². The van der Waals surface area contributed by atoms with E-state index in [0.29, 0.717) is 24.2 Å². The standard InChI is InChI=1S/C26H31FN8/c27-19-5-1-4-18(14-19)23-7-3-13-35(23)24(29)9-10-25-31-15-22(32-25)21-6-2-8-26(33-21)34-16-20(17-34)30-12-11-28/h1-2,4-6,8-10,14-15,20,23,30H,3,7,11-13,16-17,28H2,(H2,29,31,32,33)/p+1/t23-/m1/s1. The molecule has 4 heterocycles. The number of imidazole rings is 1. The molecule has 0 amide bonds. The molecule has 8 nitrogen and oxygen atoms in total. The van der Waals surface area contributed by atoms with Gasteiger partial charge in [-0.2, -0.15) is 0 Å². The van der Waals surface area contributed by atoms with Crippen molar-refractivity contribution in [3.63, 3.8) is 0 Å². The Balaban J connectivity index is 1.27. The van der Waals surface area contributed by atoms with Crippen LogP contribution < -0.4 is 21.7 Å². The van der Waals surface area contributed by atoms with Crippen LogP contribution >= 0.6 is 0 Å². The molecule has 182 valence electrons. The van der Waals surface area contributed by atoms with Gasteiger partial charge in [0.05, 0.1) is 24.1 Å². The maximum Gasteiger partial charge on any atom is 0.268 e. The number of benzene rings is 1. The number of hydrogen-bond donors (Lipinski definition) is 4. The molecule has 1 aromatic carbocycles. The van der Waals surface area contributed by atoms with Crippen LogP contribution in [0.2, 0.25) is 0 Å². The molecule has 0 spiro atoms. The van der Waals surface area contributed by atoms with Crippen LogP contribution in [-0.4, -0.2) is 64.1 Å². The lowest BCUT2D eigenvalue weighted by Gasteiger charge is -2.40. The van der Waals surface area contributed by atoms with Gasteiger partial charge in [-0.05, 0) is 48.7 Å². The van der Waals surface area contributed by atoms with Crippen LogP contribution in [0.5, 0.6) is 0 Å². The van der Waals surface area contributed by atoms with Gasteiger partial charge in [0.1, 0.15) is 23.5 Å². The van der Waals surface area contributed by atoms with Crippen molar-refractivity contribution in [2.24, 2.45) is 11.5 Å². The van der Waals surface area contributed by atoms with Gasteiger partial charge >= 0.3 is 0 Å². The first-order valence-corrected chi connectivity index (χ1v) is 12.1. The van der Waals surface area contributed by atoms with Crippen molar-refractivity contribution in [2.75, 3.05) is 37.6 Å². The number of rotatable bonds is 8. The van der Waals surface area contributed by atoms with Crippen molar-refractivity contribution in [1.82, 2.24) is 20.3 Å². The molecule has 0 bridgehead atoms. The zero-order chi connectivity index (χ0) is 24.2. The van der Waals surface area contributed by atoms with Crippen LogP contribution in [0.15, 0.2) is 54.7 Å². The summed E-state index contributed by atoms with van der Waals surface area (Å²) in [5.74, 6) is 2.08. The summed E-state index contributed by atoms with van der Waals surface area (Å²) < 4.78 is 15.8. The first kappa shape index (κ1) is 23.2. The Morgan fingerprint density at radius 3 is 2.94 bits per heavy atom. The number of nitrogens with zero attached hydrogens (tertiary/aromatic N) is 4. The quantitative estimate of drug-likeness (QED) is 0.294. The summed E-state index contributed by atoms with van der Waals surface area (Å²) in [6, 6.07) is 13.3. The number of aromatic nitrogens is 3. The van der Waals surface area contributed by atoms with Crippen molar-refractivity contribution in [3.8, 4) is 11.4 Å². The van der Waals surface area contributed by atoms with Crippen LogP contribution in [-0.2, 0) is 0 Å². The Morgan fingerprint density at radius 1 is 1.26 bits per heavy atom. The molecule has 35 heavy (non-hydrogen) atoms. The van der Waals surface area contributed by atoms with Crippen LogP contribution in [0.1, 0.15) is 30.3 Å². The number of hydrogen-bond acceptors (Lipinski definition) is 5. The molecule has 2 aliphatic rings. The van der Waals surface area contributed by atoms with E-state index in [1.54, 1.807) is 18.3 Å². The van der Waals surface area contributed by atoms with Gasteiger partial charge < -0.3 is 20.9 Å². The average Bonchev–Trinajstić information content (AvgIpc) is 3.52. The van der Waals surface area contributed by atoms with E-state index in [9.17, 15) is 4.39 Å². The van der Waals surface area contributed by atoms with Gasteiger partial charge in [-0.15, -0.1) is 0 Å². The second-order valence-corrected chi connectivity index (χ2v) is 9.07. The number of nitrogens with two attached hydrogens (primary N) is 2. The van der Waals surface area contributed by atoms with Gasteiger partial charge in [-0.3, -0.25) is 10.3 Å². The lowest BCUT2D eigenvalue weighted by atomic mass is 10.1. The Labute approximate surface area is 204 Å². The average molecular weight is 476 g/mol. The van der Waals surface area contributed by atoms with E-state index in [0.717, 1.165) is 61.8 Å². The summed E-state index contributed by atoms with van der Waals surface area (Å²) in [4.78, 5) is 14.9. The minimum absolute atomic E-state index is 0.0843. The van der Waals surface area contributed by atoms with Crippen LogP contribution in [0.25, 0.3) is 17.5 Å². The molecule has 0 unspecified atom stereocenters. The van der Waals surface area contributed by atoms with Crippen molar-refractivity contribution in [1.29, 1.82) is 0 Å². The topological polar surface area (TPSA) is 112 Å². The third-order valence-corrected chi connectivity index (χ3v) is 6.62. The summed E-state index contributed by atoms with van der Waals surface area (Å²) in [5, 5.41) is 3.43. The fraction of sp³-hybridized carbons (Fsp3) is 0.346. The number of nitrogens with one attached hydrogen (secondary N) is 2. The van der Waals surface area contributed by atoms with Crippen molar-refractivity contribution in [3.05, 3.63) is 71.9 Å². The number of aromatic amines is 1. The van der Waals surface area contributed by atoms with Gasteiger partial charge in [0.15, 0.2) is 0 Å². The minimum Gasteiger partial charge on any atom is -0.353 e. The highest BCUT2D eigenvalue weighted by molar-refractivity contribution is 5.91. The summed E-state index contributed by atoms with van der Waals surface area (Å²) in [6.45, 7) is 4.18. The molecule has 3 aromatic rings. The molecule has 1 atom stereocenters. The fourth-order valence-electron chi connectivity index (χ4n) is 4.78. The van der Waals surface area contributed by atoms with Gasteiger partial charge in [-0.25, -0.2) is 14.4 Å². The minimum atomic E-state index is -0.221. The van der Waals surface area contributed by atoms with Crippen LogP contribution in [0, 0.1) is 5.82 Å².